The lowest BCUT2D eigenvalue weighted by Gasteiger charge is -1.98. The minimum atomic E-state index is -0.589. The molecule has 2 aromatic rings. The van der Waals surface area contributed by atoms with Crippen LogP contribution in [0.3, 0.4) is 0 Å². The van der Waals surface area contributed by atoms with Gasteiger partial charge in [0.05, 0.1) is 4.92 Å². The lowest BCUT2D eigenvalue weighted by Crippen LogP contribution is -1.88. The smallest absolute Gasteiger partial charge is 0.258 e. The Bertz CT molecular complexity index is 636. The van der Waals surface area contributed by atoms with Gasteiger partial charge in [-0.2, -0.15) is 0 Å². The van der Waals surface area contributed by atoms with E-state index in [1.807, 2.05) is 31.2 Å². The SMILES string of the molecule is Cc1ccc(C=Nc2cc([N+](=O)[O-])ccc2F)cc1. The van der Waals surface area contributed by atoms with Crippen LogP contribution in [0.15, 0.2) is 47.5 Å². The molecule has 4 nitrogen and oxygen atoms in total. The van der Waals surface area contributed by atoms with Crippen LogP contribution in [-0.2, 0) is 0 Å². The van der Waals surface area contributed by atoms with Gasteiger partial charge in [0.25, 0.3) is 5.69 Å². The van der Waals surface area contributed by atoms with Crippen molar-refractivity contribution in [2.75, 3.05) is 0 Å². The summed E-state index contributed by atoms with van der Waals surface area (Å²) in [6.45, 7) is 1.96. The molecule has 0 fully saturated rings. The molecule has 0 heterocycles. The van der Waals surface area contributed by atoms with E-state index in [-0.39, 0.29) is 11.4 Å². The number of benzene rings is 2. The molecule has 0 N–H and O–H groups in total. The zero-order chi connectivity index (χ0) is 13.8. The van der Waals surface area contributed by atoms with Crippen LogP contribution in [0.25, 0.3) is 0 Å². The maximum atomic E-state index is 13.5. The van der Waals surface area contributed by atoms with E-state index in [0.717, 1.165) is 29.3 Å². The molecular weight excluding hydrogens is 247 g/mol. The second-order valence-corrected chi connectivity index (χ2v) is 4.06. The molecule has 0 atom stereocenters. The predicted octanol–water partition coefficient (Wildman–Crippen LogP) is 3.79. The maximum Gasteiger partial charge on any atom is 0.271 e. The molecule has 0 saturated heterocycles. The van der Waals surface area contributed by atoms with E-state index in [1.54, 1.807) is 0 Å². The zero-order valence-corrected chi connectivity index (χ0v) is 10.2. The summed E-state index contributed by atoms with van der Waals surface area (Å²) in [5.41, 5.74) is 1.68. The van der Waals surface area contributed by atoms with Crippen molar-refractivity contribution in [3.05, 3.63) is 69.5 Å². The van der Waals surface area contributed by atoms with Crippen molar-refractivity contribution in [3.8, 4) is 0 Å². The highest BCUT2D eigenvalue weighted by molar-refractivity contribution is 5.82. The van der Waals surface area contributed by atoms with Crippen LogP contribution >= 0.6 is 0 Å². The van der Waals surface area contributed by atoms with Crippen molar-refractivity contribution < 1.29 is 9.31 Å². The first-order chi connectivity index (χ1) is 9.06. The standard InChI is InChI=1S/C14H11FN2O2/c1-10-2-4-11(5-3-10)9-16-14-8-12(17(18)19)6-7-13(14)15/h2-9H,1H3. The summed E-state index contributed by atoms with van der Waals surface area (Å²) in [6.07, 6.45) is 1.47. The number of rotatable bonds is 3. The molecule has 2 rings (SSSR count). The molecule has 0 amide bonds. The minimum absolute atomic E-state index is 0.0465. The normalized spacial score (nSPS) is 10.8. The lowest BCUT2D eigenvalue weighted by molar-refractivity contribution is -0.384. The first-order valence-electron chi connectivity index (χ1n) is 5.61. The van der Waals surface area contributed by atoms with Gasteiger partial charge in [-0.3, -0.25) is 15.1 Å². The highest BCUT2D eigenvalue weighted by Gasteiger charge is 2.09. The lowest BCUT2D eigenvalue weighted by atomic mass is 10.2. The molecular formula is C14H11FN2O2. The third kappa shape index (κ3) is 3.22. The summed E-state index contributed by atoms with van der Waals surface area (Å²) in [7, 11) is 0. The number of aryl methyl sites for hydroxylation is 1. The summed E-state index contributed by atoms with van der Waals surface area (Å²) < 4.78 is 13.5. The fraction of sp³-hybridized carbons (Fsp3) is 0.0714. The Morgan fingerprint density at radius 1 is 1.21 bits per heavy atom. The summed E-state index contributed by atoms with van der Waals surface area (Å²) in [4.78, 5) is 14.0. The maximum absolute atomic E-state index is 13.5. The van der Waals surface area contributed by atoms with Gasteiger partial charge in [-0.05, 0) is 18.6 Å². The Labute approximate surface area is 109 Å². The molecule has 0 aromatic heterocycles. The quantitative estimate of drug-likeness (QED) is 0.477. The van der Waals surface area contributed by atoms with Gasteiger partial charge >= 0.3 is 0 Å². The molecule has 0 aliphatic heterocycles. The molecule has 19 heavy (non-hydrogen) atoms. The molecule has 2 aromatic carbocycles. The first kappa shape index (κ1) is 12.9. The van der Waals surface area contributed by atoms with Crippen molar-refractivity contribution in [1.29, 1.82) is 0 Å². The molecule has 0 unspecified atom stereocenters. The van der Waals surface area contributed by atoms with Gasteiger partial charge < -0.3 is 0 Å². The fourth-order valence-electron chi connectivity index (χ4n) is 1.51. The van der Waals surface area contributed by atoms with Crippen LogP contribution in [0.2, 0.25) is 0 Å². The number of hydrogen-bond acceptors (Lipinski definition) is 3. The van der Waals surface area contributed by atoms with Crippen LogP contribution in [-0.4, -0.2) is 11.1 Å². The van der Waals surface area contributed by atoms with Gasteiger partial charge in [0, 0.05) is 18.3 Å². The van der Waals surface area contributed by atoms with E-state index in [0.29, 0.717) is 0 Å². The Kier molecular flexibility index (Phi) is 3.66. The van der Waals surface area contributed by atoms with Gasteiger partial charge in [-0.1, -0.05) is 29.8 Å². The third-order valence-electron chi connectivity index (χ3n) is 2.57. The van der Waals surface area contributed by atoms with Crippen LogP contribution in [0.1, 0.15) is 11.1 Å². The average Bonchev–Trinajstić information content (AvgIpc) is 2.39. The second-order valence-electron chi connectivity index (χ2n) is 4.06. The van der Waals surface area contributed by atoms with Crippen molar-refractivity contribution in [3.63, 3.8) is 0 Å². The number of hydrogen-bond donors (Lipinski definition) is 0. The van der Waals surface area contributed by atoms with E-state index in [1.165, 1.54) is 6.21 Å². The number of nitro benzene ring substituents is 1. The summed E-state index contributed by atoms with van der Waals surface area (Å²) >= 11 is 0. The van der Waals surface area contributed by atoms with Gasteiger partial charge in [0.1, 0.15) is 11.5 Å². The summed E-state index contributed by atoms with van der Waals surface area (Å²) in [6, 6.07) is 10.8. The van der Waals surface area contributed by atoms with Crippen LogP contribution in [0, 0.1) is 22.9 Å². The molecule has 5 heteroatoms. The van der Waals surface area contributed by atoms with E-state index in [9.17, 15) is 14.5 Å². The topological polar surface area (TPSA) is 55.5 Å². The van der Waals surface area contributed by atoms with Crippen LogP contribution < -0.4 is 0 Å². The summed E-state index contributed by atoms with van der Waals surface area (Å²) in [5.74, 6) is -0.589. The minimum Gasteiger partial charge on any atom is -0.258 e. The largest absolute Gasteiger partial charge is 0.271 e. The van der Waals surface area contributed by atoms with Crippen molar-refractivity contribution >= 4 is 17.6 Å². The molecule has 0 radical (unpaired) electrons. The number of nitro groups is 1. The Morgan fingerprint density at radius 3 is 2.53 bits per heavy atom. The van der Waals surface area contributed by atoms with Gasteiger partial charge in [0.2, 0.25) is 0 Å². The van der Waals surface area contributed by atoms with Crippen molar-refractivity contribution in [1.82, 2.24) is 0 Å². The van der Waals surface area contributed by atoms with Gasteiger partial charge in [-0.25, -0.2) is 4.39 Å². The Balaban J connectivity index is 2.29. The molecule has 0 spiro atoms. The first-order valence-corrected chi connectivity index (χ1v) is 5.61. The molecule has 0 bridgehead atoms. The fourth-order valence-corrected chi connectivity index (χ4v) is 1.51. The predicted molar refractivity (Wildman–Crippen MR) is 71.5 cm³/mol. The molecule has 96 valence electrons. The molecule has 0 aliphatic carbocycles. The van der Waals surface area contributed by atoms with E-state index in [4.69, 9.17) is 0 Å². The monoisotopic (exact) mass is 258 g/mol. The van der Waals surface area contributed by atoms with E-state index < -0.39 is 10.7 Å². The van der Waals surface area contributed by atoms with Crippen LogP contribution in [0.4, 0.5) is 15.8 Å². The van der Waals surface area contributed by atoms with Crippen molar-refractivity contribution in [2.24, 2.45) is 4.99 Å². The Morgan fingerprint density at radius 2 is 1.89 bits per heavy atom. The third-order valence-corrected chi connectivity index (χ3v) is 2.57. The van der Waals surface area contributed by atoms with Gasteiger partial charge in [0.15, 0.2) is 0 Å². The van der Waals surface area contributed by atoms with Gasteiger partial charge in [-0.15, -0.1) is 0 Å². The Hall–Kier alpha value is -2.56. The van der Waals surface area contributed by atoms with Crippen molar-refractivity contribution in [2.45, 2.75) is 6.92 Å². The molecule has 0 aliphatic rings. The number of halogens is 1. The highest BCUT2D eigenvalue weighted by atomic mass is 19.1. The van der Waals surface area contributed by atoms with E-state index >= 15 is 0 Å². The number of nitrogens with zero attached hydrogens (tertiary/aromatic N) is 2. The highest BCUT2D eigenvalue weighted by Crippen LogP contribution is 2.23. The van der Waals surface area contributed by atoms with E-state index in [2.05, 4.69) is 4.99 Å². The average molecular weight is 258 g/mol. The number of aliphatic imine (C=N–C) groups is 1. The number of non-ortho nitro benzene ring substituents is 1. The van der Waals surface area contributed by atoms with Crippen LogP contribution in [0.5, 0.6) is 0 Å². The zero-order valence-electron chi connectivity index (χ0n) is 10.2. The molecule has 0 saturated carbocycles. The summed E-state index contributed by atoms with van der Waals surface area (Å²) in [5, 5.41) is 10.6. The second kappa shape index (κ2) is 5.39.